The molecule has 0 amide bonds. The summed E-state index contributed by atoms with van der Waals surface area (Å²) >= 11 is 0. The molecule has 0 bridgehead atoms. The second kappa shape index (κ2) is 4.41. The summed E-state index contributed by atoms with van der Waals surface area (Å²) < 4.78 is 0. The van der Waals surface area contributed by atoms with Crippen molar-refractivity contribution in [3.05, 3.63) is 58.4 Å². The van der Waals surface area contributed by atoms with Gasteiger partial charge in [0, 0.05) is 17.8 Å². The van der Waals surface area contributed by atoms with Crippen molar-refractivity contribution in [1.29, 1.82) is 5.26 Å². The van der Waals surface area contributed by atoms with Crippen molar-refractivity contribution < 1.29 is 4.92 Å². The van der Waals surface area contributed by atoms with E-state index in [9.17, 15) is 10.1 Å². The Hall–Kier alpha value is -2.74. The lowest BCUT2D eigenvalue weighted by molar-refractivity contribution is -0.385. The fourth-order valence-corrected chi connectivity index (χ4v) is 1.47. The number of pyridine rings is 1. The third-order valence-corrected chi connectivity index (χ3v) is 2.28. The molecule has 0 radical (unpaired) electrons. The van der Waals surface area contributed by atoms with Gasteiger partial charge in [-0.3, -0.25) is 10.1 Å². The van der Waals surface area contributed by atoms with E-state index in [0.717, 1.165) is 5.56 Å². The highest BCUT2D eigenvalue weighted by molar-refractivity contribution is 5.66. The van der Waals surface area contributed by atoms with Crippen molar-refractivity contribution in [1.82, 2.24) is 4.98 Å². The van der Waals surface area contributed by atoms with Crippen molar-refractivity contribution in [2.24, 2.45) is 0 Å². The highest BCUT2D eigenvalue weighted by atomic mass is 16.6. The summed E-state index contributed by atoms with van der Waals surface area (Å²) in [6.07, 6.45) is 1.46. The van der Waals surface area contributed by atoms with E-state index in [1.165, 1.54) is 12.3 Å². The average molecular weight is 225 g/mol. The molecule has 1 heterocycles. The van der Waals surface area contributed by atoms with Gasteiger partial charge >= 0.3 is 5.69 Å². The summed E-state index contributed by atoms with van der Waals surface area (Å²) in [5.74, 6) is 0. The minimum absolute atomic E-state index is 0.172. The minimum atomic E-state index is -0.599. The van der Waals surface area contributed by atoms with Crippen LogP contribution in [0, 0.1) is 21.4 Å². The van der Waals surface area contributed by atoms with Crippen LogP contribution >= 0.6 is 0 Å². The normalized spacial score (nSPS) is 9.59. The molecular formula is C12H7N3O2. The first kappa shape index (κ1) is 10.8. The van der Waals surface area contributed by atoms with Crippen LogP contribution < -0.4 is 0 Å². The van der Waals surface area contributed by atoms with E-state index >= 15 is 0 Å². The number of nitro groups is 1. The summed E-state index contributed by atoms with van der Waals surface area (Å²) in [6, 6.07) is 12.2. The van der Waals surface area contributed by atoms with Crippen LogP contribution in [0.1, 0.15) is 5.69 Å². The first-order chi connectivity index (χ1) is 8.22. The molecule has 82 valence electrons. The quantitative estimate of drug-likeness (QED) is 0.581. The molecular weight excluding hydrogens is 218 g/mol. The van der Waals surface area contributed by atoms with Gasteiger partial charge in [-0.25, -0.2) is 4.98 Å². The zero-order valence-electron chi connectivity index (χ0n) is 8.70. The molecule has 0 saturated carbocycles. The fourth-order valence-electron chi connectivity index (χ4n) is 1.47. The predicted molar refractivity (Wildman–Crippen MR) is 61.0 cm³/mol. The highest BCUT2D eigenvalue weighted by Crippen LogP contribution is 2.24. The summed E-state index contributed by atoms with van der Waals surface area (Å²) in [4.78, 5) is 14.0. The lowest BCUT2D eigenvalue weighted by Gasteiger charge is -2.01. The first-order valence-corrected chi connectivity index (χ1v) is 4.82. The Labute approximate surface area is 97.1 Å². The molecule has 1 aromatic heterocycles. The van der Waals surface area contributed by atoms with Crippen molar-refractivity contribution in [3.63, 3.8) is 0 Å². The molecule has 0 fully saturated rings. The van der Waals surface area contributed by atoms with Gasteiger partial charge in [0.25, 0.3) is 0 Å². The molecule has 17 heavy (non-hydrogen) atoms. The van der Waals surface area contributed by atoms with Crippen LogP contribution in [0.4, 0.5) is 5.69 Å². The predicted octanol–water partition coefficient (Wildman–Crippen LogP) is 2.53. The van der Waals surface area contributed by atoms with Gasteiger partial charge < -0.3 is 0 Å². The molecule has 2 aromatic rings. The number of nitrogens with zero attached hydrogens (tertiary/aromatic N) is 3. The lowest BCUT2D eigenvalue weighted by Crippen LogP contribution is -1.95. The topological polar surface area (TPSA) is 79.8 Å². The van der Waals surface area contributed by atoms with E-state index < -0.39 is 4.92 Å². The molecule has 0 saturated heterocycles. The number of rotatable bonds is 2. The zero-order valence-corrected chi connectivity index (χ0v) is 8.70. The van der Waals surface area contributed by atoms with Gasteiger partial charge in [-0.05, 0) is 5.56 Å². The van der Waals surface area contributed by atoms with Crippen molar-refractivity contribution in [3.8, 4) is 17.2 Å². The van der Waals surface area contributed by atoms with Gasteiger partial charge in [-0.1, -0.05) is 30.3 Å². The lowest BCUT2D eigenvalue weighted by atomic mass is 10.1. The van der Waals surface area contributed by atoms with Gasteiger partial charge in [-0.15, -0.1) is 0 Å². The Kier molecular flexibility index (Phi) is 2.79. The SMILES string of the molecule is N#Cc1ncc(-c2ccccc2)cc1[N+](=O)[O-]. The molecule has 0 spiro atoms. The summed E-state index contributed by atoms with van der Waals surface area (Å²) in [7, 11) is 0. The second-order valence-electron chi connectivity index (χ2n) is 3.33. The van der Waals surface area contributed by atoms with Gasteiger partial charge in [0.15, 0.2) is 0 Å². The van der Waals surface area contributed by atoms with Gasteiger partial charge in [-0.2, -0.15) is 5.26 Å². The van der Waals surface area contributed by atoms with Crippen LogP contribution in [0.3, 0.4) is 0 Å². The molecule has 0 aliphatic rings. The van der Waals surface area contributed by atoms with Crippen LogP contribution in [-0.4, -0.2) is 9.91 Å². The average Bonchev–Trinajstić information content (AvgIpc) is 2.39. The zero-order chi connectivity index (χ0) is 12.3. The molecule has 0 aliphatic heterocycles. The van der Waals surface area contributed by atoms with E-state index in [-0.39, 0.29) is 11.4 Å². The molecule has 5 nitrogen and oxygen atoms in total. The number of aromatic nitrogens is 1. The van der Waals surface area contributed by atoms with Gasteiger partial charge in [0.05, 0.1) is 4.92 Å². The number of hydrogen-bond donors (Lipinski definition) is 0. The summed E-state index contributed by atoms with van der Waals surface area (Å²) in [5, 5.41) is 19.5. The van der Waals surface area contributed by atoms with E-state index in [4.69, 9.17) is 5.26 Å². The maximum Gasteiger partial charge on any atom is 0.306 e. The molecule has 0 unspecified atom stereocenters. The van der Waals surface area contributed by atoms with Crippen molar-refractivity contribution in [2.75, 3.05) is 0 Å². The molecule has 5 heteroatoms. The summed E-state index contributed by atoms with van der Waals surface area (Å²) in [5.41, 5.74) is 1.01. The van der Waals surface area contributed by atoms with Crippen LogP contribution in [-0.2, 0) is 0 Å². The summed E-state index contributed by atoms with van der Waals surface area (Å²) in [6.45, 7) is 0. The van der Waals surface area contributed by atoms with E-state index in [1.807, 2.05) is 30.3 Å². The van der Waals surface area contributed by atoms with E-state index in [0.29, 0.717) is 5.56 Å². The fraction of sp³-hybridized carbons (Fsp3) is 0. The Bertz CT molecular complexity index is 603. The van der Waals surface area contributed by atoms with Crippen LogP contribution in [0.5, 0.6) is 0 Å². The van der Waals surface area contributed by atoms with Crippen LogP contribution in [0.25, 0.3) is 11.1 Å². The Balaban J connectivity index is 2.56. The van der Waals surface area contributed by atoms with Gasteiger partial charge in [0.2, 0.25) is 5.69 Å². The molecule has 1 aromatic carbocycles. The Morgan fingerprint density at radius 1 is 1.24 bits per heavy atom. The number of nitriles is 1. The van der Waals surface area contributed by atoms with E-state index in [1.54, 1.807) is 6.07 Å². The maximum atomic E-state index is 10.8. The Morgan fingerprint density at radius 2 is 1.94 bits per heavy atom. The monoisotopic (exact) mass is 225 g/mol. The van der Waals surface area contributed by atoms with Crippen molar-refractivity contribution in [2.45, 2.75) is 0 Å². The largest absolute Gasteiger partial charge is 0.306 e. The van der Waals surface area contributed by atoms with Crippen LogP contribution in [0.2, 0.25) is 0 Å². The Morgan fingerprint density at radius 3 is 2.53 bits per heavy atom. The number of hydrogen-bond acceptors (Lipinski definition) is 4. The van der Waals surface area contributed by atoms with Crippen molar-refractivity contribution >= 4 is 5.69 Å². The number of benzene rings is 1. The first-order valence-electron chi connectivity index (χ1n) is 4.82. The van der Waals surface area contributed by atoms with Gasteiger partial charge in [0.1, 0.15) is 6.07 Å². The van der Waals surface area contributed by atoms with E-state index in [2.05, 4.69) is 4.98 Å². The third kappa shape index (κ3) is 2.11. The molecule has 2 rings (SSSR count). The van der Waals surface area contributed by atoms with Crippen LogP contribution in [0.15, 0.2) is 42.6 Å². The molecule has 0 aliphatic carbocycles. The molecule has 0 N–H and O–H groups in total. The second-order valence-corrected chi connectivity index (χ2v) is 3.33. The minimum Gasteiger partial charge on any atom is -0.258 e. The smallest absolute Gasteiger partial charge is 0.258 e. The standard InChI is InChI=1S/C12H7N3O2/c13-7-11-12(15(16)17)6-10(8-14-11)9-4-2-1-3-5-9/h1-6,8H. The highest BCUT2D eigenvalue weighted by Gasteiger charge is 2.16. The third-order valence-electron chi connectivity index (χ3n) is 2.28. The maximum absolute atomic E-state index is 10.8. The molecule has 0 atom stereocenters.